The summed E-state index contributed by atoms with van der Waals surface area (Å²) in [6.45, 7) is 3.46. The molecule has 1 aliphatic carbocycles. The van der Waals surface area contributed by atoms with E-state index in [9.17, 15) is 5.11 Å². The topological polar surface area (TPSA) is 20.2 Å². The molecule has 0 aromatic heterocycles. The molecule has 2 heteroatoms. The molecule has 0 aliphatic heterocycles. The molecule has 0 aromatic carbocycles. The van der Waals surface area contributed by atoms with E-state index in [0.29, 0.717) is 5.03 Å². The maximum Gasteiger partial charge on any atom is 0.0851 e. The minimum absolute atomic E-state index is 0.667. The molecule has 0 fully saturated rings. The third kappa shape index (κ3) is 2.08. The molecule has 0 atom stereocenters. The van der Waals surface area contributed by atoms with Gasteiger partial charge >= 0.3 is 0 Å². The van der Waals surface area contributed by atoms with Gasteiger partial charge in [-0.2, -0.15) is 0 Å². The summed E-state index contributed by atoms with van der Waals surface area (Å²) < 4.78 is 0. The molecule has 1 N–H and O–H groups in total. The van der Waals surface area contributed by atoms with Gasteiger partial charge in [-0.15, -0.1) is 0 Å². The second-order valence-corrected chi connectivity index (χ2v) is 3.57. The van der Waals surface area contributed by atoms with Gasteiger partial charge in [0, 0.05) is 5.03 Å². The van der Waals surface area contributed by atoms with Crippen molar-refractivity contribution in [2.75, 3.05) is 0 Å². The van der Waals surface area contributed by atoms with Crippen molar-refractivity contribution >= 4 is 11.6 Å². The van der Waals surface area contributed by atoms with Crippen molar-refractivity contribution < 1.29 is 5.11 Å². The number of hydrogen-bond donors (Lipinski definition) is 1. The highest BCUT2D eigenvalue weighted by molar-refractivity contribution is 6.32. The van der Waals surface area contributed by atoms with Gasteiger partial charge in [0.05, 0.1) is 5.60 Å². The zero-order chi connectivity index (χ0) is 8.48. The van der Waals surface area contributed by atoms with Crippen LogP contribution in [0.15, 0.2) is 22.8 Å². The van der Waals surface area contributed by atoms with Crippen LogP contribution in [0, 0.1) is 6.42 Å². The summed E-state index contributed by atoms with van der Waals surface area (Å²) in [6, 6.07) is 0. The fraction of sp³-hybridized carbons (Fsp3) is 0.444. The van der Waals surface area contributed by atoms with Crippen LogP contribution in [0.5, 0.6) is 0 Å². The van der Waals surface area contributed by atoms with Crippen LogP contribution >= 0.6 is 11.6 Å². The fourth-order valence-corrected chi connectivity index (χ4v) is 1.43. The van der Waals surface area contributed by atoms with Crippen molar-refractivity contribution in [3.05, 3.63) is 29.2 Å². The summed E-state index contributed by atoms with van der Waals surface area (Å²) in [6.07, 6.45) is 6.62. The van der Waals surface area contributed by atoms with Gasteiger partial charge in [0.1, 0.15) is 0 Å². The third-order valence-corrected chi connectivity index (χ3v) is 1.99. The van der Waals surface area contributed by atoms with Crippen LogP contribution in [0.4, 0.5) is 0 Å². The van der Waals surface area contributed by atoms with Gasteiger partial charge in [-0.05, 0) is 32.3 Å². The Labute approximate surface area is 72.4 Å². The highest BCUT2D eigenvalue weighted by Gasteiger charge is 2.22. The molecule has 0 heterocycles. The highest BCUT2D eigenvalue weighted by atomic mass is 35.5. The molecule has 0 unspecified atom stereocenters. The molecule has 0 saturated carbocycles. The van der Waals surface area contributed by atoms with E-state index in [-0.39, 0.29) is 0 Å². The molecule has 1 rings (SSSR count). The molecule has 0 aromatic rings. The molecule has 0 saturated heterocycles. The first-order valence-corrected chi connectivity index (χ1v) is 4.02. The van der Waals surface area contributed by atoms with Crippen LogP contribution in [0.1, 0.15) is 20.3 Å². The van der Waals surface area contributed by atoms with Crippen molar-refractivity contribution in [3.8, 4) is 0 Å². The zero-order valence-electron chi connectivity index (χ0n) is 6.76. The molecule has 0 bridgehead atoms. The highest BCUT2D eigenvalue weighted by Crippen LogP contribution is 2.30. The van der Waals surface area contributed by atoms with Crippen LogP contribution in [0.3, 0.4) is 0 Å². The number of aliphatic hydroxyl groups is 1. The van der Waals surface area contributed by atoms with E-state index in [1.165, 1.54) is 0 Å². The van der Waals surface area contributed by atoms with Gasteiger partial charge in [0.2, 0.25) is 0 Å². The van der Waals surface area contributed by atoms with E-state index in [1.54, 1.807) is 13.8 Å². The largest absolute Gasteiger partial charge is 0.386 e. The quantitative estimate of drug-likeness (QED) is 0.643. The summed E-state index contributed by atoms with van der Waals surface area (Å²) in [5, 5.41) is 10.3. The first kappa shape index (κ1) is 8.82. The molecular formula is C9H12ClO. The Morgan fingerprint density at radius 3 is 2.55 bits per heavy atom. The van der Waals surface area contributed by atoms with Crippen LogP contribution in [0.25, 0.3) is 0 Å². The lowest BCUT2D eigenvalue weighted by atomic mass is 9.93. The average molecular weight is 172 g/mol. The lowest BCUT2D eigenvalue weighted by Gasteiger charge is -2.23. The maximum absolute atomic E-state index is 9.60. The first-order valence-electron chi connectivity index (χ1n) is 3.64. The summed E-state index contributed by atoms with van der Waals surface area (Å²) in [5.74, 6) is 0. The van der Waals surface area contributed by atoms with Crippen molar-refractivity contribution in [2.45, 2.75) is 25.9 Å². The molecule has 1 radical (unpaired) electrons. The molecule has 0 amide bonds. The molecule has 11 heavy (non-hydrogen) atoms. The second-order valence-electron chi connectivity index (χ2n) is 3.16. The lowest BCUT2D eigenvalue weighted by molar-refractivity contribution is 0.123. The van der Waals surface area contributed by atoms with E-state index in [4.69, 9.17) is 11.6 Å². The van der Waals surface area contributed by atoms with Crippen LogP contribution < -0.4 is 0 Å². The van der Waals surface area contributed by atoms with E-state index in [0.717, 1.165) is 12.0 Å². The standard InChI is InChI=1S/C9H12ClO/c1-9(2,11)7-5-3-4-6-8(7)10/h3,5-6,11H,4H2,1-2H3. The van der Waals surface area contributed by atoms with Gasteiger partial charge in [-0.3, -0.25) is 0 Å². The number of hydrogen-bond acceptors (Lipinski definition) is 1. The predicted molar refractivity (Wildman–Crippen MR) is 47.2 cm³/mol. The SMILES string of the molecule is CC(C)(O)C1=C[CH]CC=C1Cl. The van der Waals surface area contributed by atoms with Gasteiger partial charge in [0.15, 0.2) is 0 Å². The Hall–Kier alpha value is -0.270. The monoisotopic (exact) mass is 171 g/mol. The van der Waals surface area contributed by atoms with Gasteiger partial charge in [0.25, 0.3) is 0 Å². The summed E-state index contributed by atoms with van der Waals surface area (Å²) in [7, 11) is 0. The van der Waals surface area contributed by atoms with Crippen LogP contribution in [-0.4, -0.2) is 10.7 Å². The Morgan fingerprint density at radius 1 is 1.55 bits per heavy atom. The second kappa shape index (κ2) is 3.00. The minimum Gasteiger partial charge on any atom is -0.386 e. The van der Waals surface area contributed by atoms with Crippen molar-refractivity contribution in [3.63, 3.8) is 0 Å². The van der Waals surface area contributed by atoms with Crippen LogP contribution in [0.2, 0.25) is 0 Å². The van der Waals surface area contributed by atoms with E-state index in [2.05, 4.69) is 0 Å². The summed E-state index contributed by atoms with van der Waals surface area (Å²) >= 11 is 5.88. The molecule has 0 spiro atoms. The molecule has 1 aliphatic rings. The average Bonchev–Trinajstić information content (AvgIpc) is 1.86. The van der Waals surface area contributed by atoms with Crippen molar-refractivity contribution in [1.29, 1.82) is 0 Å². The molecular weight excluding hydrogens is 160 g/mol. The fourth-order valence-electron chi connectivity index (χ4n) is 1.04. The summed E-state index contributed by atoms with van der Waals surface area (Å²) in [5.41, 5.74) is -0.0322. The predicted octanol–water partition coefficient (Wildman–Crippen LogP) is 2.41. The van der Waals surface area contributed by atoms with E-state index in [1.807, 2.05) is 18.6 Å². The maximum atomic E-state index is 9.60. The molecule has 1 nitrogen and oxygen atoms in total. The van der Waals surface area contributed by atoms with Crippen molar-refractivity contribution in [2.24, 2.45) is 0 Å². The van der Waals surface area contributed by atoms with E-state index >= 15 is 0 Å². The molecule has 61 valence electrons. The first-order chi connectivity index (χ1) is 5.02. The van der Waals surface area contributed by atoms with Gasteiger partial charge < -0.3 is 5.11 Å². The van der Waals surface area contributed by atoms with Crippen molar-refractivity contribution in [1.82, 2.24) is 0 Å². The number of rotatable bonds is 1. The Kier molecular flexibility index (Phi) is 2.40. The van der Waals surface area contributed by atoms with E-state index < -0.39 is 5.60 Å². The normalized spacial score (nSPS) is 19.3. The Bertz CT molecular complexity index is 208. The number of halogens is 1. The smallest absolute Gasteiger partial charge is 0.0851 e. The number of allylic oxidation sites excluding steroid dienone is 2. The van der Waals surface area contributed by atoms with Crippen LogP contribution in [-0.2, 0) is 0 Å². The zero-order valence-corrected chi connectivity index (χ0v) is 7.52. The minimum atomic E-state index is -0.829. The van der Waals surface area contributed by atoms with Gasteiger partial charge in [-0.1, -0.05) is 23.8 Å². The summed E-state index contributed by atoms with van der Waals surface area (Å²) in [4.78, 5) is 0. The van der Waals surface area contributed by atoms with Gasteiger partial charge in [-0.25, -0.2) is 0 Å². The third-order valence-electron chi connectivity index (χ3n) is 1.63. The lowest BCUT2D eigenvalue weighted by Crippen LogP contribution is -2.23. The Balaban J connectivity index is 2.87. The Morgan fingerprint density at radius 2 is 2.18 bits per heavy atom.